The molecule has 0 saturated heterocycles. The minimum Gasteiger partial charge on any atom is -0.338 e. The molecule has 0 aliphatic carbocycles. The summed E-state index contributed by atoms with van der Waals surface area (Å²) in [6, 6.07) is -0.102. The van der Waals surface area contributed by atoms with Crippen molar-refractivity contribution in [2.75, 3.05) is 0 Å². The van der Waals surface area contributed by atoms with E-state index in [2.05, 4.69) is 30.9 Å². The summed E-state index contributed by atoms with van der Waals surface area (Å²) >= 11 is 0. The third kappa shape index (κ3) is 3.30. The molecule has 15 heavy (non-hydrogen) atoms. The van der Waals surface area contributed by atoms with Crippen molar-refractivity contribution in [1.82, 2.24) is 10.1 Å². The van der Waals surface area contributed by atoms with Crippen LogP contribution in [0.3, 0.4) is 0 Å². The maximum absolute atomic E-state index is 5.94. The monoisotopic (exact) mass is 211 g/mol. The second kappa shape index (κ2) is 5.85. The second-order valence-corrected chi connectivity index (χ2v) is 4.05. The van der Waals surface area contributed by atoms with Crippen LogP contribution in [0.2, 0.25) is 0 Å². The number of nitrogens with zero attached hydrogens (tertiary/aromatic N) is 2. The van der Waals surface area contributed by atoms with E-state index in [0.29, 0.717) is 11.8 Å². The summed E-state index contributed by atoms with van der Waals surface area (Å²) in [5.74, 6) is 1.71. The zero-order chi connectivity index (χ0) is 11.3. The molecule has 1 aromatic heterocycles. The quantitative estimate of drug-likeness (QED) is 0.785. The molecular formula is C11H21N3O. The standard InChI is InChI=1S/C11H21N3O/c1-4-6-7-9(12)11-13-10(14-15-11)8(3)5-2/h8-9H,4-7,12H2,1-3H3/t8?,9-/m0/s1. The fourth-order valence-electron chi connectivity index (χ4n) is 1.33. The number of nitrogens with two attached hydrogens (primary N) is 1. The van der Waals surface area contributed by atoms with Crippen molar-refractivity contribution in [2.45, 2.75) is 58.4 Å². The van der Waals surface area contributed by atoms with Gasteiger partial charge in [-0.2, -0.15) is 4.98 Å². The molecule has 0 spiro atoms. The summed E-state index contributed by atoms with van der Waals surface area (Å²) in [6.45, 7) is 6.34. The summed E-state index contributed by atoms with van der Waals surface area (Å²) in [5.41, 5.74) is 5.94. The van der Waals surface area contributed by atoms with Gasteiger partial charge in [-0.3, -0.25) is 0 Å². The summed E-state index contributed by atoms with van der Waals surface area (Å²) < 4.78 is 5.16. The van der Waals surface area contributed by atoms with Gasteiger partial charge in [0.2, 0.25) is 5.89 Å². The van der Waals surface area contributed by atoms with Crippen molar-refractivity contribution in [2.24, 2.45) is 5.73 Å². The van der Waals surface area contributed by atoms with Crippen LogP contribution < -0.4 is 5.73 Å². The Morgan fingerprint density at radius 3 is 2.73 bits per heavy atom. The van der Waals surface area contributed by atoms with Crippen LogP contribution in [0.4, 0.5) is 0 Å². The van der Waals surface area contributed by atoms with Gasteiger partial charge in [-0.05, 0) is 12.8 Å². The van der Waals surface area contributed by atoms with Crippen molar-refractivity contribution in [3.8, 4) is 0 Å². The van der Waals surface area contributed by atoms with Gasteiger partial charge < -0.3 is 10.3 Å². The molecule has 1 rings (SSSR count). The molecule has 86 valence electrons. The highest BCUT2D eigenvalue weighted by molar-refractivity contribution is 4.96. The smallest absolute Gasteiger partial charge is 0.243 e. The average Bonchev–Trinajstić information content (AvgIpc) is 2.74. The van der Waals surface area contributed by atoms with Gasteiger partial charge in [0, 0.05) is 5.92 Å². The van der Waals surface area contributed by atoms with E-state index in [0.717, 1.165) is 31.5 Å². The molecule has 0 bridgehead atoms. The minimum atomic E-state index is -0.102. The zero-order valence-corrected chi connectivity index (χ0v) is 9.86. The normalized spacial score (nSPS) is 15.2. The predicted molar refractivity (Wildman–Crippen MR) is 59.5 cm³/mol. The Morgan fingerprint density at radius 1 is 1.40 bits per heavy atom. The maximum Gasteiger partial charge on any atom is 0.243 e. The van der Waals surface area contributed by atoms with Crippen LogP contribution in [0.5, 0.6) is 0 Å². The van der Waals surface area contributed by atoms with Crippen LogP contribution in [0.15, 0.2) is 4.52 Å². The molecular weight excluding hydrogens is 190 g/mol. The van der Waals surface area contributed by atoms with Crippen molar-refractivity contribution < 1.29 is 4.52 Å². The zero-order valence-electron chi connectivity index (χ0n) is 9.86. The second-order valence-electron chi connectivity index (χ2n) is 4.05. The highest BCUT2D eigenvalue weighted by atomic mass is 16.5. The Kier molecular flexibility index (Phi) is 4.75. The van der Waals surface area contributed by atoms with Gasteiger partial charge in [-0.1, -0.05) is 38.8 Å². The third-order valence-corrected chi connectivity index (χ3v) is 2.70. The number of hydrogen-bond acceptors (Lipinski definition) is 4. The van der Waals surface area contributed by atoms with Gasteiger partial charge in [0.05, 0.1) is 6.04 Å². The Balaban J connectivity index is 2.58. The van der Waals surface area contributed by atoms with Gasteiger partial charge in [-0.25, -0.2) is 0 Å². The van der Waals surface area contributed by atoms with Gasteiger partial charge in [0.1, 0.15) is 0 Å². The van der Waals surface area contributed by atoms with E-state index in [9.17, 15) is 0 Å². The Hall–Kier alpha value is -0.900. The SMILES string of the molecule is CCCC[C@H](N)c1nc(C(C)CC)no1. The lowest BCUT2D eigenvalue weighted by molar-refractivity contribution is 0.341. The first kappa shape index (κ1) is 12.2. The lowest BCUT2D eigenvalue weighted by Crippen LogP contribution is -2.10. The van der Waals surface area contributed by atoms with Crippen LogP contribution in [0.25, 0.3) is 0 Å². The van der Waals surface area contributed by atoms with Crippen LogP contribution >= 0.6 is 0 Å². The highest BCUT2D eigenvalue weighted by Crippen LogP contribution is 2.19. The number of rotatable bonds is 6. The summed E-state index contributed by atoms with van der Waals surface area (Å²) in [7, 11) is 0. The molecule has 2 atom stereocenters. The number of hydrogen-bond donors (Lipinski definition) is 1. The lowest BCUT2D eigenvalue weighted by Gasteiger charge is -2.04. The van der Waals surface area contributed by atoms with E-state index in [1.165, 1.54) is 0 Å². The van der Waals surface area contributed by atoms with Crippen molar-refractivity contribution in [1.29, 1.82) is 0 Å². The predicted octanol–water partition coefficient (Wildman–Crippen LogP) is 2.77. The van der Waals surface area contributed by atoms with Gasteiger partial charge in [-0.15, -0.1) is 0 Å². The molecule has 0 aliphatic rings. The summed E-state index contributed by atoms with van der Waals surface area (Å²) in [5, 5.41) is 3.95. The minimum absolute atomic E-state index is 0.102. The molecule has 1 heterocycles. The first-order valence-electron chi connectivity index (χ1n) is 5.78. The molecule has 4 nitrogen and oxygen atoms in total. The third-order valence-electron chi connectivity index (χ3n) is 2.70. The van der Waals surface area contributed by atoms with Crippen LogP contribution in [0, 0.1) is 0 Å². The Morgan fingerprint density at radius 2 is 2.13 bits per heavy atom. The summed E-state index contributed by atoms with van der Waals surface area (Å²) in [6.07, 6.45) is 4.17. The molecule has 1 unspecified atom stereocenters. The van der Waals surface area contributed by atoms with Gasteiger partial charge >= 0.3 is 0 Å². The van der Waals surface area contributed by atoms with Crippen LogP contribution in [-0.4, -0.2) is 10.1 Å². The van der Waals surface area contributed by atoms with E-state index in [1.807, 2.05) is 0 Å². The molecule has 0 aliphatic heterocycles. The van der Waals surface area contributed by atoms with E-state index < -0.39 is 0 Å². The highest BCUT2D eigenvalue weighted by Gasteiger charge is 2.16. The average molecular weight is 211 g/mol. The van der Waals surface area contributed by atoms with Gasteiger partial charge in [0.25, 0.3) is 0 Å². The fraction of sp³-hybridized carbons (Fsp3) is 0.818. The maximum atomic E-state index is 5.94. The molecule has 0 saturated carbocycles. The first-order valence-corrected chi connectivity index (χ1v) is 5.78. The van der Waals surface area contributed by atoms with Crippen LogP contribution in [-0.2, 0) is 0 Å². The molecule has 0 radical (unpaired) electrons. The van der Waals surface area contributed by atoms with Gasteiger partial charge in [0.15, 0.2) is 5.82 Å². The van der Waals surface area contributed by atoms with E-state index >= 15 is 0 Å². The van der Waals surface area contributed by atoms with Crippen molar-refractivity contribution in [3.63, 3.8) is 0 Å². The number of aromatic nitrogens is 2. The fourth-order valence-corrected chi connectivity index (χ4v) is 1.33. The topological polar surface area (TPSA) is 64.9 Å². The molecule has 2 N–H and O–H groups in total. The lowest BCUT2D eigenvalue weighted by atomic mass is 10.1. The largest absolute Gasteiger partial charge is 0.338 e. The Labute approximate surface area is 91.2 Å². The van der Waals surface area contributed by atoms with Crippen LogP contribution in [0.1, 0.15) is 70.1 Å². The van der Waals surface area contributed by atoms with Crippen molar-refractivity contribution >= 4 is 0 Å². The molecule has 0 aromatic carbocycles. The van der Waals surface area contributed by atoms with E-state index in [4.69, 9.17) is 10.3 Å². The molecule has 0 fully saturated rings. The van der Waals surface area contributed by atoms with E-state index in [1.54, 1.807) is 0 Å². The van der Waals surface area contributed by atoms with Crippen molar-refractivity contribution in [3.05, 3.63) is 11.7 Å². The number of unbranched alkanes of at least 4 members (excludes halogenated alkanes) is 1. The Bertz CT molecular complexity index is 285. The molecule has 0 amide bonds. The van der Waals surface area contributed by atoms with E-state index in [-0.39, 0.29) is 6.04 Å². The summed E-state index contributed by atoms with van der Waals surface area (Å²) in [4.78, 5) is 4.33. The molecule has 1 aromatic rings. The first-order chi connectivity index (χ1) is 7.19. The molecule has 4 heteroatoms.